The van der Waals surface area contributed by atoms with Crippen molar-refractivity contribution in [3.63, 3.8) is 0 Å². The molecule has 100 valence electrons. The van der Waals surface area contributed by atoms with Gasteiger partial charge in [0.1, 0.15) is 0 Å². The number of carbonyl (C=O) groups is 2. The van der Waals surface area contributed by atoms with Crippen LogP contribution in [0.1, 0.15) is 58.8 Å². The third-order valence-corrected chi connectivity index (χ3v) is 2.50. The molecule has 0 aromatic rings. The van der Waals surface area contributed by atoms with Crippen LogP contribution in [0, 0.1) is 0 Å². The average molecular weight is 242 g/mol. The monoisotopic (exact) mass is 242 g/mol. The van der Waals surface area contributed by atoms with Crippen LogP contribution in [-0.2, 0) is 9.59 Å². The van der Waals surface area contributed by atoms with Crippen molar-refractivity contribution in [3.8, 4) is 0 Å². The van der Waals surface area contributed by atoms with Crippen molar-refractivity contribution in [1.82, 2.24) is 10.6 Å². The highest BCUT2D eigenvalue weighted by molar-refractivity contribution is 5.78. The van der Waals surface area contributed by atoms with Gasteiger partial charge in [-0.05, 0) is 12.8 Å². The van der Waals surface area contributed by atoms with Gasteiger partial charge in [0, 0.05) is 25.9 Å². The van der Waals surface area contributed by atoms with E-state index in [2.05, 4.69) is 17.6 Å². The fourth-order valence-electron chi connectivity index (χ4n) is 1.50. The van der Waals surface area contributed by atoms with Crippen LogP contribution < -0.4 is 10.6 Å². The van der Waals surface area contributed by atoms with Gasteiger partial charge < -0.3 is 10.6 Å². The molecular weight excluding hydrogens is 216 g/mol. The lowest BCUT2D eigenvalue weighted by atomic mass is 10.2. The summed E-state index contributed by atoms with van der Waals surface area (Å²) in [6.07, 6.45) is 6.41. The van der Waals surface area contributed by atoms with Gasteiger partial charge in [-0.1, -0.05) is 33.1 Å². The molecule has 0 aromatic carbocycles. The number of hydrogen-bond acceptors (Lipinski definition) is 2. The summed E-state index contributed by atoms with van der Waals surface area (Å²) in [6.45, 7) is 5.32. The molecule has 0 saturated heterocycles. The minimum absolute atomic E-state index is 0.0262. The minimum atomic E-state index is 0.0262. The maximum atomic E-state index is 11.4. The maximum Gasteiger partial charge on any atom is 0.221 e. The van der Waals surface area contributed by atoms with Crippen molar-refractivity contribution in [2.45, 2.75) is 58.8 Å². The second-order valence-corrected chi connectivity index (χ2v) is 4.26. The molecular formula is C13H26N2O2. The molecule has 0 aliphatic rings. The molecule has 0 rings (SSSR count). The third kappa shape index (κ3) is 11.2. The molecule has 4 heteroatoms. The Morgan fingerprint density at radius 2 is 1.41 bits per heavy atom. The van der Waals surface area contributed by atoms with Gasteiger partial charge in [0.05, 0.1) is 0 Å². The van der Waals surface area contributed by atoms with Crippen LogP contribution in [0.3, 0.4) is 0 Å². The molecule has 0 aromatic heterocycles. The van der Waals surface area contributed by atoms with E-state index in [0.29, 0.717) is 19.4 Å². The quantitative estimate of drug-likeness (QED) is 0.576. The number of carbonyl (C=O) groups excluding carboxylic acids is 2. The van der Waals surface area contributed by atoms with E-state index in [1.54, 1.807) is 0 Å². The largest absolute Gasteiger partial charge is 0.356 e. The normalized spacial score (nSPS) is 10.0. The first-order valence-corrected chi connectivity index (χ1v) is 6.74. The van der Waals surface area contributed by atoms with E-state index >= 15 is 0 Å². The Balaban J connectivity index is 3.31. The SMILES string of the molecule is CCCCCCNC(=O)CCNC(=O)CCC. The topological polar surface area (TPSA) is 58.2 Å². The van der Waals surface area contributed by atoms with E-state index in [1.165, 1.54) is 19.3 Å². The standard InChI is InChI=1S/C13H26N2O2/c1-3-5-6-7-10-14-13(17)9-11-15-12(16)8-4-2/h3-11H2,1-2H3,(H,14,17)(H,15,16). The molecule has 0 aliphatic heterocycles. The Morgan fingerprint density at radius 3 is 2.06 bits per heavy atom. The summed E-state index contributed by atoms with van der Waals surface area (Å²) in [7, 11) is 0. The summed E-state index contributed by atoms with van der Waals surface area (Å²) in [4.78, 5) is 22.5. The first-order valence-electron chi connectivity index (χ1n) is 6.74. The summed E-state index contributed by atoms with van der Waals surface area (Å²) in [5.74, 6) is 0.0570. The van der Waals surface area contributed by atoms with Gasteiger partial charge in [-0.15, -0.1) is 0 Å². The zero-order chi connectivity index (χ0) is 12.9. The van der Waals surface area contributed by atoms with Crippen LogP contribution in [0.4, 0.5) is 0 Å². The molecule has 0 heterocycles. The van der Waals surface area contributed by atoms with Crippen LogP contribution in [0.15, 0.2) is 0 Å². The van der Waals surface area contributed by atoms with Gasteiger partial charge in [-0.25, -0.2) is 0 Å². The van der Waals surface area contributed by atoms with E-state index in [-0.39, 0.29) is 11.8 Å². The van der Waals surface area contributed by atoms with Crippen LogP contribution in [0.25, 0.3) is 0 Å². The molecule has 17 heavy (non-hydrogen) atoms. The predicted molar refractivity (Wildman–Crippen MR) is 69.7 cm³/mol. The smallest absolute Gasteiger partial charge is 0.221 e. The molecule has 4 nitrogen and oxygen atoms in total. The Bertz CT molecular complexity index is 217. The lowest BCUT2D eigenvalue weighted by molar-refractivity contribution is -0.122. The molecule has 0 saturated carbocycles. The Hall–Kier alpha value is -1.06. The molecule has 0 unspecified atom stereocenters. The molecule has 2 N–H and O–H groups in total. The van der Waals surface area contributed by atoms with Crippen LogP contribution in [0.2, 0.25) is 0 Å². The minimum Gasteiger partial charge on any atom is -0.356 e. The van der Waals surface area contributed by atoms with Crippen LogP contribution in [-0.4, -0.2) is 24.9 Å². The fourth-order valence-corrected chi connectivity index (χ4v) is 1.50. The van der Waals surface area contributed by atoms with Gasteiger partial charge in [0.25, 0.3) is 0 Å². The van der Waals surface area contributed by atoms with E-state index in [0.717, 1.165) is 19.4 Å². The predicted octanol–water partition coefficient (Wildman–Crippen LogP) is 1.99. The fraction of sp³-hybridized carbons (Fsp3) is 0.846. The number of hydrogen-bond donors (Lipinski definition) is 2. The Labute approximate surface area is 105 Å². The molecule has 0 aliphatic carbocycles. The summed E-state index contributed by atoms with van der Waals surface area (Å²) in [5.41, 5.74) is 0. The maximum absolute atomic E-state index is 11.4. The summed E-state index contributed by atoms with van der Waals surface area (Å²) >= 11 is 0. The van der Waals surface area contributed by atoms with Crippen molar-refractivity contribution in [2.24, 2.45) is 0 Å². The third-order valence-electron chi connectivity index (χ3n) is 2.50. The molecule has 0 bridgehead atoms. The molecule has 0 radical (unpaired) electrons. The molecule has 0 atom stereocenters. The zero-order valence-electron chi connectivity index (χ0n) is 11.2. The second-order valence-electron chi connectivity index (χ2n) is 4.26. The highest BCUT2D eigenvalue weighted by atomic mass is 16.2. The van der Waals surface area contributed by atoms with Gasteiger partial charge in [-0.2, -0.15) is 0 Å². The van der Waals surface area contributed by atoms with E-state index in [9.17, 15) is 9.59 Å². The average Bonchev–Trinajstić information content (AvgIpc) is 2.29. The highest BCUT2D eigenvalue weighted by Gasteiger charge is 2.02. The molecule has 0 fully saturated rings. The van der Waals surface area contributed by atoms with Crippen molar-refractivity contribution in [3.05, 3.63) is 0 Å². The van der Waals surface area contributed by atoms with Gasteiger partial charge in [0.15, 0.2) is 0 Å². The van der Waals surface area contributed by atoms with Gasteiger partial charge in [0.2, 0.25) is 11.8 Å². The lowest BCUT2D eigenvalue weighted by Gasteiger charge is -2.06. The summed E-state index contributed by atoms with van der Waals surface area (Å²) < 4.78 is 0. The Morgan fingerprint density at radius 1 is 0.765 bits per heavy atom. The molecule has 2 amide bonds. The van der Waals surface area contributed by atoms with E-state index < -0.39 is 0 Å². The first-order chi connectivity index (χ1) is 8.20. The highest BCUT2D eigenvalue weighted by Crippen LogP contribution is 1.97. The van der Waals surface area contributed by atoms with E-state index in [4.69, 9.17) is 0 Å². The Kier molecular flexibility index (Phi) is 10.7. The van der Waals surface area contributed by atoms with Crippen molar-refractivity contribution in [1.29, 1.82) is 0 Å². The zero-order valence-corrected chi connectivity index (χ0v) is 11.2. The first kappa shape index (κ1) is 15.9. The number of rotatable bonds is 10. The molecule has 0 spiro atoms. The van der Waals surface area contributed by atoms with Gasteiger partial charge in [-0.3, -0.25) is 9.59 Å². The lowest BCUT2D eigenvalue weighted by Crippen LogP contribution is -2.31. The van der Waals surface area contributed by atoms with Crippen molar-refractivity contribution < 1.29 is 9.59 Å². The second kappa shape index (κ2) is 11.4. The number of nitrogens with one attached hydrogen (secondary N) is 2. The van der Waals surface area contributed by atoms with Crippen LogP contribution >= 0.6 is 0 Å². The van der Waals surface area contributed by atoms with Crippen LogP contribution in [0.5, 0.6) is 0 Å². The summed E-state index contributed by atoms with van der Waals surface area (Å²) in [6, 6.07) is 0. The van der Waals surface area contributed by atoms with Gasteiger partial charge >= 0.3 is 0 Å². The van der Waals surface area contributed by atoms with Crippen molar-refractivity contribution >= 4 is 11.8 Å². The summed E-state index contributed by atoms with van der Waals surface area (Å²) in [5, 5.41) is 5.58. The van der Waals surface area contributed by atoms with Crippen molar-refractivity contribution in [2.75, 3.05) is 13.1 Å². The number of amides is 2. The van der Waals surface area contributed by atoms with E-state index in [1.807, 2.05) is 6.92 Å². The number of unbranched alkanes of at least 4 members (excludes halogenated alkanes) is 3.